The van der Waals surface area contributed by atoms with Crippen LogP contribution in [0.2, 0.25) is 0 Å². The molecule has 0 saturated carbocycles. The van der Waals surface area contributed by atoms with Crippen LogP contribution in [0.4, 0.5) is 0 Å². The largest absolute Gasteiger partial charge is 0.391 e. The van der Waals surface area contributed by atoms with Gasteiger partial charge in [-0.25, -0.2) is 0 Å². The Kier molecular flexibility index (Phi) is 18.3. The van der Waals surface area contributed by atoms with Gasteiger partial charge in [-0.05, 0) is 70.1 Å². The summed E-state index contributed by atoms with van der Waals surface area (Å²) in [6, 6.07) is -10.4. The van der Waals surface area contributed by atoms with E-state index in [1.807, 2.05) is 0 Å². The van der Waals surface area contributed by atoms with Gasteiger partial charge < -0.3 is 57.0 Å². The van der Waals surface area contributed by atoms with E-state index in [9.17, 15) is 53.1 Å². The van der Waals surface area contributed by atoms with E-state index in [1.54, 1.807) is 55.4 Å². The number of fused-ring (bicyclic) bond motifs is 4. The van der Waals surface area contributed by atoms with Crippen molar-refractivity contribution in [1.82, 2.24) is 51.9 Å². The molecule has 9 amide bonds. The summed E-state index contributed by atoms with van der Waals surface area (Å²) in [7, 11) is 0. The number of nitrogens with zero attached hydrogens (tertiary/aromatic N) is 3. The maximum Gasteiger partial charge on any atom is 0.246 e. The summed E-state index contributed by atoms with van der Waals surface area (Å²) in [5.41, 5.74) is 0.282. The van der Waals surface area contributed by atoms with Crippen LogP contribution in [0, 0.1) is 23.7 Å². The summed E-state index contributed by atoms with van der Waals surface area (Å²) in [5.74, 6) is -8.27. The van der Waals surface area contributed by atoms with E-state index < -0.39 is 137 Å². The minimum absolute atomic E-state index is 0.0958. The predicted octanol–water partition coefficient (Wildman–Crippen LogP) is -1.81. The average Bonchev–Trinajstić information content (AvgIpc) is 3.94. The Morgan fingerprint density at radius 1 is 0.470 bits per heavy atom. The number of ketones is 1. The summed E-state index contributed by atoms with van der Waals surface area (Å²) in [4.78, 5) is 142. The maximum atomic E-state index is 14.2. The van der Waals surface area contributed by atoms with Gasteiger partial charge in [0, 0.05) is 24.9 Å². The second-order valence-corrected chi connectivity index (χ2v) is 19.5. The number of aliphatic hydroxyl groups excluding tert-OH is 1. The summed E-state index contributed by atoms with van der Waals surface area (Å²) in [5, 5.41) is 29.7. The van der Waals surface area contributed by atoms with Crippen molar-refractivity contribution in [3.63, 3.8) is 0 Å². The first-order valence-corrected chi connectivity index (χ1v) is 23.2. The molecule has 0 aromatic heterocycles. The van der Waals surface area contributed by atoms with Crippen molar-refractivity contribution >= 4 is 58.9 Å². The van der Waals surface area contributed by atoms with Gasteiger partial charge in [-0.2, -0.15) is 0 Å². The fraction of sp³-hybridized carbons (Fsp3) is 0.733. The molecule has 4 aliphatic heterocycles. The van der Waals surface area contributed by atoms with Crippen LogP contribution in [-0.2, 0) is 47.9 Å². The highest BCUT2D eigenvalue weighted by atomic mass is 16.3. The minimum Gasteiger partial charge on any atom is -0.391 e. The molecule has 4 rings (SSSR count). The number of carbonyl (C=O) groups excluding carboxylic acids is 10. The molecule has 0 aromatic rings. The number of carbonyl (C=O) groups is 10. The van der Waals surface area contributed by atoms with E-state index in [4.69, 9.17) is 0 Å². The van der Waals surface area contributed by atoms with Gasteiger partial charge in [-0.15, -0.1) is 0 Å². The fourth-order valence-corrected chi connectivity index (χ4v) is 8.61. The van der Waals surface area contributed by atoms with Crippen molar-refractivity contribution in [2.75, 3.05) is 26.2 Å². The van der Waals surface area contributed by atoms with Crippen molar-refractivity contribution in [3.8, 4) is 0 Å². The topological polar surface area (TPSA) is 285 Å². The standard InChI is InChI=1S/C45H72N10O11/c1-21(2)32-41(62)52-36(27(11)56)42(63)51-35(24(7)8)45(66)55-17-13-15-31(55)40(61)47-26(10)38(59)50-33(22(3)4)43(64)53-19-28(18-29(57)20-53)48-34(23(5)6)44(65)54-16-12-14-30(54)39(60)46-25(9)37(58)49-32/h18,21-27,30-36,48,56H,12-17,19-20H2,1-11H3,(H,46,60)(H,47,61)(H,49,58)(H,50,59)(H,51,63)(H,52,62)/t25-,26-,27+,30+,31+,32?,33?,34?,35?,36?/m0/s1. The summed E-state index contributed by atoms with van der Waals surface area (Å²) in [6.45, 7) is 17.8. The molecule has 3 fully saturated rings. The van der Waals surface area contributed by atoms with Crippen molar-refractivity contribution in [1.29, 1.82) is 0 Å². The van der Waals surface area contributed by atoms with Gasteiger partial charge in [0.05, 0.1) is 19.2 Å². The third-order valence-electron chi connectivity index (χ3n) is 12.6. The Balaban J connectivity index is 1.69. The molecule has 4 heterocycles. The van der Waals surface area contributed by atoms with Gasteiger partial charge in [-0.1, -0.05) is 55.4 Å². The Labute approximate surface area is 387 Å². The number of rotatable bonds is 5. The van der Waals surface area contributed by atoms with E-state index in [1.165, 1.54) is 41.5 Å². The molecule has 0 radical (unpaired) electrons. The van der Waals surface area contributed by atoms with Crippen LogP contribution in [-0.4, -0.2) is 165 Å². The van der Waals surface area contributed by atoms with Crippen LogP contribution in [0.1, 0.15) is 102 Å². The van der Waals surface area contributed by atoms with Gasteiger partial charge in [0.25, 0.3) is 0 Å². The monoisotopic (exact) mass is 929 g/mol. The SMILES string of the molecule is CC(C)C1NC(=O)[C@H](C)NC(=O)[C@H]2CCCN2C(=O)C(C(C)C)NC2=CC(=O)CN(C2)C(=O)C(C(C)C)NC(=O)[C@H](C)NC(=O)[C@H]2CCCN2C(=O)C(C(C)C)NC(=O)C([C@@H](C)O)NC1=O. The van der Waals surface area contributed by atoms with E-state index >= 15 is 0 Å². The minimum atomic E-state index is -1.58. The molecule has 368 valence electrons. The molecule has 66 heavy (non-hydrogen) atoms. The first-order chi connectivity index (χ1) is 30.8. The van der Waals surface area contributed by atoms with Crippen molar-refractivity contribution in [2.45, 2.75) is 162 Å². The lowest BCUT2D eigenvalue weighted by Crippen LogP contribution is -2.63. The number of hydrogen-bond donors (Lipinski definition) is 8. The number of amides is 9. The zero-order chi connectivity index (χ0) is 49.5. The third kappa shape index (κ3) is 12.8. The molecule has 0 aliphatic carbocycles. The second kappa shape index (κ2) is 22.7. The van der Waals surface area contributed by atoms with E-state index in [2.05, 4.69) is 37.2 Å². The van der Waals surface area contributed by atoms with Crippen molar-refractivity contribution in [2.24, 2.45) is 23.7 Å². The molecule has 5 unspecified atom stereocenters. The average molecular weight is 929 g/mol. The van der Waals surface area contributed by atoms with Crippen LogP contribution >= 0.6 is 0 Å². The molecule has 21 heteroatoms. The normalized spacial score (nSPS) is 30.5. The molecule has 0 aromatic carbocycles. The second-order valence-electron chi connectivity index (χ2n) is 19.5. The van der Waals surface area contributed by atoms with Crippen molar-refractivity contribution in [3.05, 3.63) is 11.8 Å². The first kappa shape index (κ1) is 53.0. The van der Waals surface area contributed by atoms with E-state index in [0.717, 1.165) is 0 Å². The molecule has 21 nitrogen and oxygen atoms in total. The number of hydrogen-bond acceptors (Lipinski definition) is 12. The molecule has 4 aliphatic rings. The first-order valence-electron chi connectivity index (χ1n) is 23.2. The Morgan fingerprint density at radius 2 is 0.848 bits per heavy atom. The van der Waals surface area contributed by atoms with Crippen molar-refractivity contribution < 1.29 is 53.1 Å². The lowest BCUT2D eigenvalue weighted by atomic mass is 9.99. The van der Waals surface area contributed by atoms with Gasteiger partial charge in [0.2, 0.25) is 53.2 Å². The fourth-order valence-electron chi connectivity index (χ4n) is 8.61. The van der Waals surface area contributed by atoms with E-state index in [0.29, 0.717) is 19.3 Å². The number of nitrogens with one attached hydrogen (secondary N) is 7. The Hall–Kier alpha value is -5.60. The summed E-state index contributed by atoms with van der Waals surface area (Å²) in [6.07, 6.45) is 1.34. The van der Waals surface area contributed by atoms with E-state index in [-0.39, 0.29) is 44.2 Å². The van der Waals surface area contributed by atoms with Gasteiger partial charge >= 0.3 is 0 Å². The van der Waals surface area contributed by atoms with Crippen LogP contribution < -0.4 is 37.2 Å². The number of aliphatic hydroxyl groups is 1. The Morgan fingerprint density at radius 3 is 1.29 bits per heavy atom. The smallest absolute Gasteiger partial charge is 0.246 e. The highest BCUT2D eigenvalue weighted by Gasteiger charge is 2.43. The van der Waals surface area contributed by atoms with Gasteiger partial charge in [0.1, 0.15) is 54.4 Å². The lowest BCUT2D eigenvalue weighted by Gasteiger charge is -2.36. The quantitative estimate of drug-likeness (QED) is 0.152. The Bertz CT molecular complexity index is 1920. The molecule has 8 N–H and O–H groups in total. The maximum absolute atomic E-state index is 14.2. The zero-order valence-corrected chi connectivity index (χ0v) is 40.2. The molecule has 0 spiro atoms. The molecule has 3 saturated heterocycles. The molecule has 10 atom stereocenters. The molecular weight excluding hydrogens is 857 g/mol. The van der Waals surface area contributed by atoms with Gasteiger partial charge in [-0.3, -0.25) is 47.9 Å². The molecule has 2 bridgehead atoms. The highest BCUT2D eigenvalue weighted by Crippen LogP contribution is 2.24. The van der Waals surface area contributed by atoms with Crippen LogP contribution in [0.25, 0.3) is 0 Å². The third-order valence-corrected chi connectivity index (χ3v) is 12.6. The van der Waals surface area contributed by atoms with Crippen LogP contribution in [0.15, 0.2) is 11.8 Å². The summed E-state index contributed by atoms with van der Waals surface area (Å²) < 4.78 is 0. The van der Waals surface area contributed by atoms with Crippen LogP contribution in [0.3, 0.4) is 0 Å². The summed E-state index contributed by atoms with van der Waals surface area (Å²) >= 11 is 0. The predicted molar refractivity (Wildman–Crippen MR) is 240 cm³/mol. The zero-order valence-electron chi connectivity index (χ0n) is 40.2. The highest BCUT2D eigenvalue weighted by molar-refractivity contribution is 6.00. The van der Waals surface area contributed by atoms with Gasteiger partial charge in [0.15, 0.2) is 5.78 Å². The molecular formula is C45H72N10O11. The lowest BCUT2D eigenvalue weighted by molar-refractivity contribution is -0.144. The van der Waals surface area contributed by atoms with Crippen LogP contribution in [0.5, 0.6) is 0 Å².